The summed E-state index contributed by atoms with van der Waals surface area (Å²) in [6, 6.07) is 11.6. The third kappa shape index (κ3) is 2.69. The Bertz CT molecular complexity index is 1380. The number of aromatic nitrogens is 3. The van der Waals surface area contributed by atoms with Gasteiger partial charge in [0.2, 0.25) is 0 Å². The van der Waals surface area contributed by atoms with Gasteiger partial charge in [0.15, 0.2) is 0 Å². The van der Waals surface area contributed by atoms with E-state index in [1.54, 1.807) is 23.8 Å². The first-order valence-electron chi connectivity index (χ1n) is 10.0. The van der Waals surface area contributed by atoms with E-state index in [0.717, 1.165) is 31.1 Å². The molecule has 0 atom stereocenters. The van der Waals surface area contributed by atoms with Crippen molar-refractivity contribution in [3.8, 4) is 17.2 Å². The smallest absolute Gasteiger partial charge is 0.336 e. The van der Waals surface area contributed by atoms with Gasteiger partial charge >= 0.3 is 5.69 Å². The molecule has 152 valence electrons. The van der Waals surface area contributed by atoms with Crippen LogP contribution in [0.2, 0.25) is 0 Å². The number of aromatic hydroxyl groups is 1. The summed E-state index contributed by atoms with van der Waals surface area (Å²) in [4.78, 5) is 31.6. The summed E-state index contributed by atoms with van der Waals surface area (Å²) in [5.41, 5.74) is 0.853. The number of pyridine rings is 1. The lowest BCUT2D eigenvalue weighted by molar-refractivity contribution is 0.419. The Morgan fingerprint density at radius 3 is 2.47 bits per heavy atom. The Kier molecular flexibility index (Phi) is 4.31. The first-order chi connectivity index (χ1) is 14.6. The normalized spacial score (nSPS) is 14.6. The van der Waals surface area contributed by atoms with Crippen LogP contribution in [0.25, 0.3) is 27.5 Å². The highest BCUT2D eigenvalue weighted by Gasteiger charge is 2.25. The fraction of sp³-hybridized carbons (Fsp3) is 0.261. The molecule has 1 aliphatic rings. The van der Waals surface area contributed by atoms with Crippen LogP contribution in [0, 0.1) is 0 Å². The van der Waals surface area contributed by atoms with Gasteiger partial charge in [-0.25, -0.2) is 9.36 Å². The highest BCUT2D eigenvalue weighted by atomic mass is 16.5. The summed E-state index contributed by atoms with van der Waals surface area (Å²) in [5.74, 6) is 0.672. The zero-order valence-electron chi connectivity index (χ0n) is 16.5. The molecule has 2 aromatic carbocycles. The zero-order valence-corrected chi connectivity index (χ0v) is 16.5. The molecule has 0 bridgehead atoms. The minimum absolute atomic E-state index is 0.0146. The van der Waals surface area contributed by atoms with E-state index < -0.39 is 5.56 Å². The van der Waals surface area contributed by atoms with Crippen LogP contribution in [0.1, 0.15) is 31.7 Å². The molecule has 2 heterocycles. The minimum atomic E-state index is -0.424. The van der Waals surface area contributed by atoms with Gasteiger partial charge in [-0.3, -0.25) is 14.3 Å². The number of rotatable bonds is 3. The lowest BCUT2D eigenvalue weighted by Crippen LogP contribution is -2.40. The van der Waals surface area contributed by atoms with Crippen molar-refractivity contribution >= 4 is 21.8 Å². The van der Waals surface area contributed by atoms with Crippen molar-refractivity contribution < 1.29 is 9.84 Å². The number of hydrogen-bond donors (Lipinski definition) is 1. The second kappa shape index (κ2) is 7.02. The van der Waals surface area contributed by atoms with Crippen molar-refractivity contribution in [2.24, 2.45) is 0 Å². The van der Waals surface area contributed by atoms with Crippen LogP contribution < -0.4 is 16.0 Å². The average molecular weight is 403 g/mol. The molecule has 2 aromatic heterocycles. The highest BCUT2D eigenvalue weighted by Crippen LogP contribution is 2.34. The van der Waals surface area contributed by atoms with Gasteiger partial charge in [0.05, 0.1) is 23.7 Å². The van der Waals surface area contributed by atoms with Crippen molar-refractivity contribution in [2.75, 3.05) is 7.11 Å². The number of phenols is 1. The average Bonchev–Trinajstić information content (AvgIpc) is 3.29. The van der Waals surface area contributed by atoms with Crippen molar-refractivity contribution in [1.82, 2.24) is 14.1 Å². The third-order valence-corrected chi connectivity index (χ3v) is 5.92. The number of ether oxygens (including phenoxy) is 1. The quantitative estimate of drug-likeness (QED) is 0.529. The number of hydrogen-bond acceptors (Lipinski definition) is 5. The predicted octanol–water partition coefficient (Wildman–Crippen LogP) is 3.53. The molecular formula is C23H21N3O4. The maximum atomic E-state index is 13.7. The summed E-state index contributed by atoms with van der Waals surface area (Å²) in [6.07, 6.45) is 5.39. The van der Waals surface area contributed by atoms with Crippen LogP contribution in [-0.2, 0) is 0 Å². The number of phenolic OH excluding ortho intramolecular Hbond substituents is 1. The summed E-state index contributed by atoms with van der Waals surface area (Å²) < 4.78 is 8.39. The molecule has 30 heavy (non-hydrogen) atoms. The van der Waals surface area contributed by atoms with Gasteiger partial charge < -0.3 is 9.84 Å². The Labute approximate surface area is 171 Å². The van der Waals surface area contributed by atoms with Gasteiger partial charge in [-0.1, -0.05) is 25.0 Å². The van der Waals surface area contributed by atoms with Crippen molar-refractivity contribution in [3.63, 3.8) is 0 Å². The monoisotopic (exact) mass is 403 g/mol. The van der Waals surface area contributed by atoms with Crippen molar-refractivity contribution in [3.05, 3.63) is 69.5 Å². The maximum Gasteiger partial charge on any atom is 0.336 e. The van der Waals surface area contributed by atoms with E-state index in [1.807, 2.05) is 18.2 Å². The molecule has 7 heteroatoms. The van der Waals surface area contributed by atoms with Crippen molar-refractivity contribution in [2.45, 2.75) is 31.7 Å². The Morgan fingerprint density at radius 2 is 1.77 bits per heavy atom. The second-order valence-corrected chi connectivity index (χ2v) is 7.62. The molecule has 0 amide bonds. The summed E-state index contributed by atoms with van der Waals surface area (Å²) in [7, 11) is 1.58. The van der Waals surface area contributed by atoms with E-state index in [9.17, 15) is 14.7 Å². The second-order valence-electron chi connectivity index (χ2n) is 7.62. The van der Waals surface area contributed by atoms with Crippen LogP contribution in [0.4, 0.5) is 0 Å². The Balaban J connectivity index is 1.96. The summed E-state index contributed by atoms with van der Waals surface area (Å²) in [5, 5.41) is 10.7. The molecule has 5 rings (SSSR count). The molecule has 7 nitrogen and oxygen atoms in total. The molecule has 1 N–H and O–H groups in total. The number of para-hydroxylation sites is 1. The summed E-state index contributed by atoms with van der Waals surface area (Å²) >= 11 is 0. The number of fused-ring (bicyclic) bond motifs is 3. The number of nitrogens with zero attached hydrogens (tertiary/aromatic N) is 3. The first kappa shape index (κ1) is 18.4. The molecule has 0 spiro atoms. The SMILES string of the molecule is COc1cccc2c1ncc1c(=O)n(-c3ccc(O)cc3)c(=O)n(C3CCCC3)c12. The van der Waals surface area contributed by atoms with Gasteiger partial charge in [0.25, 0.3) is 5.56 Å². The van der Waals surface area contributed by atoms with Crippen molar-refractivity contribution in [1.29, 1.82) is 0 Å². The topological polar surface area (TPSA) is 86.3 Å². The van der Waals surface area contributed by atoms with Crippen LogP contribution >= 0.6 is 0 Å². The number of benzene rings is 2. The molecule has 1 aliphatic carbocycles. The minimum Gasteiger partial charge on any atom is -0.508 e. The standard InChI is InChI=1S/C23H21N3O4/c1-30-19-8-4-7-17-20(19)24-13-18-21(17)25(14-5-2-3-6-14)23(29)26(22(18)28)15-9-11-16(27)12-10-15/h4,7-14,27H,2-3,5-6H2,1H3. The third-order valence-electron chi connectivity index (χ3n) is 5.92. The first-order valence-corrected chi connectivity index (χ1v) is 10.0. The highest BCUT2D eigenvalue weighted by molar-refractivity contribution is 6.05. The van der Waals surface area contributed by atoms with E-state index in [0.29, 0.717) is 27.9 Å². The van der Waals surface area contributed by atoms with Gasteiger partial charge in [0.1, 0.15) is 17.0 Å². The molecule has 0 aliphatic heterocycles. The lowest BCUT2D eigenvalue weighted by Gasteiger charge is -2.20. The van der Waals surface area contributed by atoms with Crippen LogP contribution in [0.5, 0.6) is 11.5 Å². The van der Waals surface area contributed by atoms with Gasteiger partial charge in [-0.2, -0.15) is 0 Å². The van der Waals surface area contributed by atoms with Gasteiger partial charge in [0, 0.05) is 17.6 Å². The van der Waals surface area contributed by atoms with E-state index in [2.05, 4.69) is 4.98 Å². The fourth-order valence-electron chi connectivity index (χ4n) is 4.50. The van der Waals surface area contributed by atoms with Gasteiger partial charge in [-0.05, 0) is 43.2 Å². The molecular weight excluding hydrogens is 382 g/mol. The van der Waals surface area contributed by atoms with Gasteiger partial charge in [-0.15, -0.1) is 0 Å². The van der Waals surface area contributed by atoms with E-state index in [1.165, 1.54) is 22.9 Å². The van der Waals surface area contributed by atoms with E-state index in [-0.39, 0.29) is 17.5 Å². The molecule has 1 saturated carbocycles. The van der Waals surface area contributed by atoms with E-state index >= 15 is 0 Å². The summed E-state index contributed by atoms with van der Waals surface area (Å²) in [6.45, 7) is 0. The fourth-order valence-corrected chi connectivity index (χ4v) is 4.50. The Morgan fingerprint density at radius 1 is 1.03 bits per heavy atom. The van der Waals surface area contributed by atoms with E-state index in [4.69, 9.17) is 4.74 Å². The zero-order chi connectivity index (χ0) is 20.8. The Hall–Kier alpha value is -3.61. The molecule has 1 fully saturated rings. The molecule has 0 radical (unpaired) electrons. The number of methoxy groups -OCH3 is 1. The van der Waals surface area contributed by atoms with Crippen LogP contribution in [-0.4, -0.2) is 26.3 Å². The maximum absolute atomic E-state index is 13.7. The molecule has 4 aromatic rings. The lowest BCUT2D eigenvalue weighted by atomic mass is 10.1. The van der Waals surface area contributed by atoms with Crippen LogP contribution in [0.3, 0.4) is 0 Å². The largest absolute Gasteiger partial charge is 0.508 e. The predicted molar refractivity (Wildman–Crippen MR) is 115 cm³/mol. The molecule has 0 saturated heterocycles. The molecule has 0 unspecified atom stereocenters. The van der Waals surface area contributed by atoms with Crippen LogP contribution in [0.15, 0.2) is 58.3 Å².